The van der Waals surface area contributed by atoms with E-state index >= 15 is 0 Å². The summed E-state index contributed by atoms with van der Waals surface area (Å²) in [6.45, 7) is 0. The zero-order valence-corrected chi connectivity index (χ0v) is 15.0. The first-order chi connectivity index (χ1) is 12.7. The highest BCUT2D eigenvalue weighted by molar-refractivity contribution is 7.22. The maximum absolute atomic E-state index is 11.8. The van der Waals surface area contributed by atoms with Crippen LogP contribution < -0.4 is 14.9 Å². The summed E-state index contributed by atoms with van der Waals surface area (Å²) in [5, 5.41) is 4.95. The fourth-order valence-electron chi connectivity index (χ4n) is 2.44. The molecule has 0 spiro atoms. The first kappa shape index (κ1) is 16.5. The Morgan fingerprint density at radius 2 is 2.12 bits per heavy atom. The number of hydrogen-bond donors (Lipinski definition) is 1. The Morgan fingerprint density at radius 3 is 2.88 bits per heavy atom. The molecule has 26 heavy (non-hydrogen) atoms. The number of benzene rings is 2. The molecule has 6 nitrogen and oxygen atoms in total. The van der Waals surface area contributed by atoms with E-state index < -0.39 is 0 Å². The van der Waals surface area contributed by atoms with Gasteiger partial charge in [0, 0.05) is 0 Å². The van der Waals surface area contributed by atoms with E-state index in [9.17, 15) is 4.79 Å². The van der Waals surface area contributed by atoms with Crippen LogP contribution >= 0.6 is 11.3 Å². The van der Waals surface area contributed by atoms with Crippen molar-refractivity contribution in [2.24, 2.45) is 11.0 Å². The predicted octanol–water partition coefficient (Wildman–Crippen LogP) is 4.07. The van der Waals surface area contributed by atoms with Crippen molar-refractivity contribution in [1.82, 2.24) is 4.98 Å². The molecule has 1 N–H and O–H groups in total. The largest absolute Gasteiger partial charge is 0.493 e. The highest BCUT2D eigenvalue weighted by Crippen LogP contribution is 2.34. The van der Waals surface area contributed by atoms with Gasteiger partial charge in [0.25, 0.3) is 0 Å². The molecule has 0 bridgehead atoms. The number of hydrazone groups is 1. The second kappa shape index (κ2) is 7.13. The molecule has 7 heteroatoms. The van der Waals surface area contributed by atoms with Gasteiger partial charge in [0.15, 0.2) is 11.5 Å². The summed E-state index contributed by atoms with van der Waals surface area (Å²) in [5.41, 5.74) is 4.70. The van der Waals surface area contributed by atoms with E-state index in [2.05, 4.69) is 15.5 Å². The van der Waals surface area contributed by atoms with Crippen LogP contribution in [0.15, 0.2) is 47.6 Å². The van der Waals surface area contributed by atoms with Crippen molar-refractivity contribution < 1.29 is 14.3 Å². The molecule has 0 saturated heterocycles. The fourth-order valence-corrected chi connectivity index (χ4v) is 3.26. The Balaban J connectivity index is 1.44. The third-order valence-electron chi connectivity index (χ3n) is 3.98. The Hall–Kier alpha value is -2.93. The van der Waals surface area contributed by atoms with Gasteiger partial charge >= 0.3 is 5.97 Å². The summed E-state index contributed by atoms with van der Waals surface area (Å²) >= 11 is 1.54. The molecule has 1 saturated carbocycles. The van der Waals surface area contributed by atoms with Gasteiger partial charge in [-0.2, -0.15) is 5.10 Å². The third-order valence-corrected chi connectivity index (χ3v) is 4.92. The van der Waals surface area contributed by atoms with Crippen molar-refractivity contribution in [3.8, 4) is 11.5 Å². The molecule has 1 aromatic heterocycles. The number of fused-ring (bicyclic) bond motifs is 1. The normalized spacial score (nSPS) is 13.9. The highest BCUT2D eigenvalue weighted by atomic mass is 32.1. The lowest BCUT2D eigenvalue weighted by molar-refractivity contribution is -0.135. The number of thiazole rings is 1. The number of hydrogen-bond acceptors (Lipinski definition) is 7. The number of carbonyl (C=O) groups excluding carboxylic acids is 1. The number of para-hydroxylation sites is 1. The van der Waals surface area contributed by atoms with Crippen LogP contribution in [0.5, 0.6) is 11.5 Å². The highest BCUT2D eigenvalue weighted by Gasteiger charge is 2.32. The molecule has 1 heterocycles. The number of methoxy groups -OCH3 is 1. The average molecular weight is 367 g/mol. The maximum atomic E-state index is 11.8. The minimum absolute atomic E-state index is 0.0407. The molecule has 4 rings (SSSR count). The first-order valence-electron chi connectivity index (χ1n) is 8.27. The first-order valence-corrected chi connectivity index (χ1v) is 9.09. The summed E-state index contributed by atoms with van der Waals surface area (Å²) in [5.74, 6) is 0.782. The Morgan fingerprint density at radius 1 is 1.27 bits per heavy atom. The summed E-state index contributed by atoms with van der Waals surface area (Å²) in [6, 6.07) is 13.2. The summed E-state index contributed by atoms with van der Waals surface area (Å²) < 4.78 is 11.8. The van der Waals surface area contributed by atoms with Crippen molar-refractivity contribution in [3.63, 3.8) is 0 Å². The number of esters is 1. The number of aromatic nitrogens is 1. The van der Waals surface area contributed by atoms with Gasteiger partial charge in [-0.25, -0.2) is 4.98 Å². The second-order valence-electron chi connectivity index (χ2n) is 5.96. The maximum Gasteiger partial charge on any atom is 0.314 e. The van der Waals surface area contributed by atoms with Gasteiger partial charge in [0.1, 0.15) is 0 Å². The van der Waals surface area contributed by atoms with E-state index in [-0.39, 0.29) is 11.9 Å². The van der Waals surface area contributed by atoms with Gasteiger partial charge in [0.05, 0.1) is 29.5 Å². The van der Waals surface area contributed by atoms with Crippen molar-refractivity contribution in [2.45, 2.75) is 12.8 Å². The van der Waals surface area contributed by atoms with Crippen LogP contribution in [0.25, 0.3) is 10.2 Å². The van der Waals surface area contributed by atoms with E-state index in [1.807, 2.05) is 30.3 Å². The number of nitrogens with one attached hydrogen (secondary N) is 1. The van der Waals surface area contributed by atoms with Crippen LogP contribution in [0, 0.1) is 5.92 Å². The summed E-state index contributed by atoms with van der Waals surface area (Å²) in [4.78, 5) is 16.3. The molecule has 132 valence electrons. The minimum Gasteiger partial charge on any atom is -0.493 e. The molecule has 0 atom stereocenters. The second-order valence-corrected chi connectivity index (χ2v) is 6.99. The van der Waals surface area contributed by atoms with Gasteiger partial charge in [-0.1, -0.05) is 23.5 Å². The van der Waals surface area contributed by atoms with Gasteiger partial charge in [-0.05, 0) is 48.7 Å². The lowest BCUT2D eigenvalue weighted by atomic mass is 10.2. The van der Waals surface area contributed by atoms with Crippen LogP contribution in [0.2, 0.25) is 0 Å². The van der Waals surface area contributed by atoms with Gasteiger partial charge in [-0.3, -0.25) is 10.2 Å². The standard InChI is InChI=1S/C19H17N3O3S/c1-24-16-10-12(6-9-15(16)25-18(23)13-7-8-13)11-20-22-19-21-14-4-2-3-5-17(14)26-19/h2-6,9-11,13H,7-8H2,1H3,(H,21,22)/b20-11-. The molecule has 0 unspecified atom stereocenters. The fraction of sp³-hybridized carbons (Fsp3) is 0.211. The van der Waals surface area contributed by atoms with Crippen LogP contribution in [-0.2, 0) is 4.79 Å². The lowest BCUT2D eigenvalue weighted by Crippen LogP contribution is -2.10. The third kappa shape index (κ3) is 3.67. The Labute approximate surface area is 154 Å². The van der Waals surface area contributed by atoms with E-state index in [1.165, 1.54) is 11.3 Å². The molecule has 2 aromatic carbocycles. The molecule has 0 aliphatic heterocycles. The van der Waals surface area contributed by atoms with E-state index in [0.717, 1.165) is 33.8 Å². The van der Waals surface area contributed by atoms with E-state index in [1.54, 1.807) is 25.5 Å². The van der Waals surface area contributed by atoms with Crippen molar-refractivity contribution in [3.05, 3.63) is 48.0 Å². The van der Waals surface area contributed by atoms with Crippen LogP contribution in [0.1, 0.15) is 18.4 Å². The van der Waals surface area contributed by atoms with Crippen LogP contribution in [-0.4, -0.2) is 24.3 Å². The summed E-state index contributed by atoms with van der Waals surface area (Å²) in [6.07, 6.45) is 3.48. The van der Waals surface area contributed by atoms with E-state index in [4.69, 9.17) is 9.47 Å². The smallest absolute Gasteiger partial charge is 0.314 e. The van der Waals surface area contributed by atoms with E-state index in [0.29, 0.717) is 11.5 Å². The number of nitrogens with zero attached hydrogens (tertiary/aromatic N) is 2. The van der Waals surface area contributed by atoms with Gasteiger partial charge in [0.2, 0.25) is 5.13 Å². The molecule has 3 aromatic rings. The number of carbonyl (C=O) groups is 1. The Kier molecular flexibility index (Phi) is 4.53. The van der Waals surface area contributed by atoms with Gasteiger partial charge in [-0.15, -0.1) is 0 Å². The van der Waals surface area contributed by atoms with Crippen molar-refractivity contribution in [2.75, 3.05) is 12.5 Å². The number of ether oxygens (including phenoxy) is 2. The average Bonchev–Trinajstić information content (AvgIpc) is 3.42. The van der Waals surface area contributed by atoms with Gasteiger partial charge < -0.3 is 9.47 Å². The monoisotopic (exact) mass is 367 g/mol. The Bertz CT molecular complexity index is 946. The number of rotatable bonds is 6. The quantitative estimate of drug-likeness (QED) is 0.308. The molecule has 1 aliphatic carbocycles. The van der Waals surface area contributed by atoms with Crippen molar-refractivity contribution >= 4 is 38.9 Å². The predicted molar refractivity (Wildman–Crippen MR) is 102 cm³/mol. The molecular formula is C19H17N3O3S. The minimum atomic E-state index is -0.192. The topological polar surface area (TPSA) is 72.8 Å². The molecule has 0 radical (unpaired) electrons. The zero-order valence-electron chi connectivity index (χ0n) is 14.1. The number of anilines is 1. The van der Waals surface area contributed by atoms with Crippen molar-refractivity contribution in [1.29, 1.82) is 0 Å². The molecular weight excluding hydrogens is 350 g/mol. The zero-order chi connectivity index (χ0) is 17.9. The summed E-state index contributed by atoms with van der Waals surface area (Å²) in [7, 11) is 1.55. The lowest BCUT2D eigenvalue weighted by Gasteiger charge is -2.09. The van der Waals surface area contributed by atoms with Crippen LogP contribution in [0.3, 0.4) is 0 Å². The van der Waals surface area contributed by atoms with Crippen LogP contribution in [0.4, 0.5) is 5.13 Å². The SMILES string of the molecule is COc1cc(/C=N\Nc2nc3ccccc3s2)ccc1OC(=O)C1CC1. The molecule has 1 aliphatic rings. The molecule has 0 amide bonds. The molecule has 1 fully saturated rings.